The van der Waals surface area contributed by atoms with Crippen molar-refractivity contribution < 1.29 is 0 Å². The summed E-state index contributed by atoms with van der Waals surface area (Å²) in [6.45, 7) is 4.37. The summed E-state index contributed by atoms with van der Waals surface area (Å²) >= 11 is 0. The average Bonchev–Trinajstić information content (AvgIpc) is 2.68. The molecule has 0 unspecified atom stereocenters. The number of rotatable bonds is 3. The van der Waals surface area contributed by atoms with Crippen molar-refractivity contribution in [2.24, 2.45) is 7.05 Å². The summed E-state index contributed by atoms with van der Waals surface area (Å²) in [5, 5.41) is 4.40. The van der Waals surface area contributed by atoms with Crippen LogP contribution in [0.4, 0.5) is 5.82 Å². The molecule has 0 saturated carbocycles. The molecule has 0 aliphatic rings. The van der Waals surface area contributed by atoms with E-state index in [-0.39, 0.29) is 0 Å². The molecule has 0 fully saturated rings. The molecule has 0 saturated heterocycles. The summed E-state index contributed by atoms with van der Waals surface area (Å²) in [4.78, 5) is 0. The van der Waals surface area contributed by atoms with Crippen molar-refractivity contribution in [2.75, 3.05) is 5.73 Å². The largest absolute Gasteiger partial charge is 0.384 e. The second-order valence-corrected chi connectivity index (χ2v) is 4.27. The maximum Gasteiger partial charge on any atom is 0.121 e. The van der Waals surface area contributed by atoms with Gasteiger partial charge in [-0.15, -0.1) is 0 Å². The lowest BCUT2D eigenvalue weighted by molar-refractivity contribution is 0.782. The molecule has 17 heavy (non-hydrogen) atoms. The fraction of sp³-hybridized carbons (Fsp3) is 0.357. The lowest BCUT2D eigenvalue weighted by atomic mass is 9.99. The van der Waals surface area contributed by atoms with Crippen molar-refractivity contribution in [3.8, 4) is 11.3 Å². The minimum absolute atomic E-state index is 0.692. The van der Waals surface area contributed by atoms with Crippen molar-refractivity contribution in [1.29, 1.82) is 0 Å². The molecule has 3 nitrogen and oxygen atoms in total. The van der Waals surface area contributed by atoms with Crippen LogP contribution in [-0.4, -0.2) is 9.78 Å². The summed E-state index contributed by atoms with van der Waals surface area (Å²) in [7, 11) is 1.86. The molecule has 0 radical (unpaired) electrons. The Balaban J connectivity index is 2.46. The first kappa shape index (κ1) is 11.7. The van der Waals surface area contributed by atoms with E-state index in [1.54, 1.807) is 4.68 Å². The van der Waals surface area contributed by atoms with E-state index in [0.29, 0.717) is 5.82 Å². The van der Waals surface area contributed by atoms with Gasteiger partial charge in [-0.25, -0.2) is 0 Å². The smallest absolute Gasteiger partial charge is 0.121 e. The van der Waals surface area contributed by atoms with E-state index in [4.69, 9.17) is 5.73 Å². The number of benzene rings is 1. The third kappa shape index (κ3) is 2.18. The summed E-state index contributed by atoms with van der Waals surface area (Å²) in [6, 6.07) is 8.46. The maximum absolute atomic E-state index is 5.81. The number of aryl methyl sites for hydroxylation is 3. The number of aromatic nitrogens is 2. The quantitative estimate of drug-likeness (QED) is 0.879. The van der Waals surface area contributed by atoms with E-state index in [2.05, 4.69) is 37.1 Å². The van der Waals surface area contributed by atoms with Gasteiger partial charge in [-0.3, -0.25) is 4.68 Å². The van der Waals surface area contributed by atoms with Crippen molar-refractivity contribution in [2.45, 2.75) is 26.7 Å². The molecule has 2 N–H and O–H groups in total. The van der Waals surface area contributed by atoms with E-state index >= 15 is 0 Å². The van der Waals surface area contributed by atoms with Gasteiger partial charge < -0.3 is 5.73 Å². The predicted molar refractivity (Wildman–Crippen MR) is 71.8 cm³/mol. The molecule has 1 aromatic heterocycles. The SMILES string of the molecule is CCc1ccc(-c2cc(N)n(C)n2)cc1CC. The van der Waals surface area contributed by atoms with Crippen molar-refractivity contribution >= 4 is 5.82 Å². The zero-order valence-electron chi connectivity index (χ0n) is 10.7. The van der Waals surface area contributed by atoms with Crippen LogP contribution >= 0.6 is 0 Å². The van der Waals surface area contributed by atoms with E-state index in [9.17, 15) is 0 Å². The van der Waals surface area contributed by atoms with Crippen LogP contribution in [0.5, 0.6) is 0 Å². The molecular formula is C14H19N3. The van der Waals surface area contributed by atoms with Crippen LogP contribution in [0.1, 0.15) is 25.0 Å². The molecule has 90 valence electrons. The third-order valence-corrected chi connectivity index (χ3v) is 3.18. The lowest BCUT2D eigenvalue weighted by Gasteiger charge is -2.07. The van der Waals surface area contributed by atoms with Crippen LogP contribution in [0.3, 0.4) is 0 Å². The molecule has 0 spiro atoms. The van der Waals surface area contributed by atoms with Gasteiger partial charge in [0.25, 0.3) is 0 Å². The fourth-order valence-electron chi connectivity index (χ4n) is 2.08. The van der Waals surface area contributed by atoms with E-state index in [0.717, 1.165) is 24.1 Å². The molecule has 3 heteroatoms. The molecule has 0 atom stereocenters. The monoisotopic (exact) mass is 229 g/mol. The highest BCUT2D eigenvalue weighted by Gasteiger charge is 2.07. The van der Waals surface area contributed by atoms with Crippen molar-refractivity contribution in [1.82, 2.24) is 9.78 Å². The van der Waals surface area contributed by atoms with Gasteiger partial charge in [-0.1, -0.05) is 26.0 Å². The molecule has 0 aliphatic heterocycles. The van der Waals surface area contributed by atoms with Crippen LogP contribution in [0.25, 0.3) is 11.3 Å². The van der Waals surface area contributed by atoms with E-state index in [1.165, 1.54) is 11.1 Å². The van der Waals surface area contributed by atoms with Crippen LogP contribution in [0.2, 0.25) is 0 Å². The number of anilines is 1. The first-order valence-corrected chi connectivity index (χ1v) is 6.07. The minimum Gasteiger partial charge on any atom is -0.384 e. The van der Waals surface area contributed by atoms with Gasteiger partial charge in [0, 0.05) is 18.7 Å². The molecule has 1 aromatic carbocycles. The molecule has 2 rings (SSSR count). The highest BCUT2D eigenvalue weighted by atomic mass is 15.3. The second kappa shape index (κ2) is 4.62. The highest BCUT2D eigenvalue weighted by molar-refractivity contribution is 5.63. The van der Waals surface area contributed by atoms with Crippen molar-refractivity contribution in [3.05, 3.63) is 35.4 Å². The highest BCUT2D eigenvalue weighted by Crippen LogP contribution is 2.23. The molecule has 0 aliphatic carbocycles. The van der Waals surface area contributed by atoms with Gasteiger partial charge >= 0.3 is 0 Å². The van der Waals surface area contributed by atoms with E-state index in [1.807, 2.05) is 13.1 Å². The summed E-state index contributed by atoms with van der Waals surface area (Å²) < 4.78 is 1.70. The second-order valence-electron chi connectivity index (χ2n) is 4.27. The average molecular weight is 229 g/mol. The first-order valence-electron chi connectivity index (χ1n) is 6.07. The Morgan fingerprint density at radius 3 is 2.35 bits per heavy atom. The van der Waals surface area contributed by atoms with Gasteiger partial charge in [-0.05, 0) is 30.0 Å². The van der Waals surface area contributed by atoms with Crippen LogP contribution < -0.4 is 5.73 Å². The topological polar surface area (TPSA) is 43.8 Å². The van der Waals surface area contributed by atoms with Gasteiger partial charge in [-0.2, -0.15) is 5.10 Å². The standard InChI is InChI=1S/C14H19N3/c1-4-10-6-7-12(8-11(10)5-2)13-9-14(15)17(3)16-13/h6-9H,4-5,15H2,1-3H3. The fourth-order valence-corrected chi connectivity index (χ4v) is 2.08. The third-order valence-electron chi connectivity index (χ3n) is 3.18. The van der Waals surface area contributed by atoms with Gasteiger partial charge in [0.15, 0.2) is 0 Å². The Bertz CT molecular complexity index is 507. The van der Waals surface area contributed by atoms with Crippen LogP contribution in [0.15, 0.2) is 24.3 Å². The van der Waals surface area contributed by atoms with Crippen LogP contribution in [0, 0.1) is 0 Å². The predicted octanol–water partition coefficient (Wildman–Crippen LogP) is 2.79. The molecule has 0 bridgehead atoms. The van der Waals surface area contributed by atoms with Gasteiger partial charge in [0.1, 0.15) is 5.82 Å². The Morgan fingerprint density at radius 2 is 1.82 bits per heavy atom. The lowest BCUT2D eigenvalue weighted by Crippen LogP contribution is -1.96. The molecule has 0 amide bonds. The number of hydrogen-bond donors (Lipinski definition) is 1. The zero-order chi connectivity index (χ0) is 12.4. The maximum atomic E-state index is 5.81. The molecular weight excluding hydrogens is 210 g/mol. The number of nitrogen functional groups attached to an aromatic ring is 1. The Labute approximate surface area is 102 Å². The summed E-state index contributed by atoms with van der Waals surface area (Å²) in [5.74, 6) is 0.692. The minimum atomic E-state index is 0.692. The summed E-state index contributed by atoms with van der Waals surface area (Å²) in [5.41, 5.74) is 10.7. The van der Waals surface area contributed by atoms with Gasteiger partial charge in [0.05, 0.1) is 5.69 Å². The van der Waals surface area contributed by atoms with Crippen molar-refractivity contribution in [3.63, 3.8) is 0 Å². The molecule has 2 aromatic rings. The zero-order valence-corrected chi connectivity index (χ0v) is 10.7. The number of nitrogens with zero attached hydrogens (tertiary/aromatic N) is 2. The Kier molecular flexibility index (Phi) is 3.18. The number of hydrogen-bond acceptors (Lipinski definition) is 2. The first-order chi connectivity index (χ1) is 8.15. The van der Waals surface area contributed by atoms with Gasteiger partial charge in [0.2, 0.25) is 0 Å². The Hall–Kier alpha value is -1.77. The number of nitrogens with two attached hydrogens (primary N) is 1. The Morgan fingerprint density at radius 1 is 1.12 bits per heavy atom. The molecule has 1 heterocycles. The summed E-state index contributed by atoms with van der Waals surface area (Å²) in [6.07, 6.45) is 2.13. The van der Waals surface area contributed by atoms with Crippen LogP contribution in [-0.2, 0) is 19.9 Å². The van der Waals surface area contributed by atoms with E-state index < -0.39 is 0 Å². The normalized spacial score (nSPS) is 10.8.